The van der Waals surface area contributed by atoms with Crippen LogP contribution in [0.5, 0.6) is 0 Å². The molecule has 3 atom stereocenters. The number of fused-ring (bicyclic) bond motifs is 1. The SMILES string of the molecule is O=C(Nc1ncnc2c1ncn2[C@@H]1OC(CO)(CO)[C@H](OCc2ccccc2)[C@@H]1O)c1ccccc1. The molecular formula is C25H25N5O6. The zero-order valence-electron chi connectivity index (χ0n) is 19.1. The zero-order chi connectivity index (χ0) is 25.1. The number of hydrogen-bond donors (Lipinski definition) is 4. The lowest BCUT2D eigenvalue weighted by molar-refractivity contribution is -0.163. The molecular weight excluding hydrogens is 466 g/mol. The lowest BCUT2D eigenvalue weighted by atomic mass is 9.96. The van der Waals surface area contributed by atoms with Crippen LogP contribution in [0.3, 0.4) is 0 Å². The highest BCUT2D eigenvalue weighted by Gasteiger charge is 2.56. The third-order valence-electron chi connectivity index (χ3n) is 6.18. The molecule has 1 saturated heterocycles. The second-order valence-electron chi connectivity index (χ2n) is 8.46. The number of carbonyl (C=O) groups is 1. The third-order valence-corrected chi connectivity index (χ3v) is 6.18. The van der Waals surface area contributed by atoms with Crippen LogP contribution in [-0.2, 0) is 16.1 Å². The largest absolute Gasteiger partial charge is 0.393 e. The molecule has 0 bridgehead atoms. The highest BCUT2D eigenvalue weighted by Crippen LogP contribution is 2.40. The van der Waals surface area contributed by atoms with Crippen molar-refractivity contribution in [3.63, 3.8) is 0 Å². The molecule has 0 saturated carbocycles. The molecule has 11 heteroatoms. The first-order valence-corrected chi connectivity index (χ1v) is 11.3. The minimum atomic E-state index is -1.56. The lowest BCUT2D eigenvalue weighted by Crippen LogP contribution is -2.50. The molecule has 11 nitrogen and oxygen atoms in total. The summed E-state index contributed by atoms with van der Waals surface area (Å²) in [7, 11) is 0. The van der Waals surface area contributed by atoms with E-state index in [0.29, 0.717) is 5.56 Å². The fraction of sp³-hybridized carbons (Fsp3) is 0.280. The number of amides is 1. The van der Waals surface area contributed by atoms with Crippen molar-refractivity contribution in [3.8, 4) is 0 Å². The Morgan fingerprint density at radius 1 is 1.03 bits per heavy atom. The van der Waals surface area contributed by atoms with E-state index in [1.807, 2.05) is 36.4 Å². The minimum absolute atomic E-state index is 0.142. The summed E-state index contributed by atoms with van der Waals surface area (Å²) in [6, 6.07) is 18.0. The van der Waals surface area contributed by atoms with Crippen molar-refractivity contribution >= 4 is 22.9 Å². The molecule has 5 rings (SSSR count). The fourth-order valence-corrected chi connectivity index (χ4v) is 4.27. The van der Waals surface area contributed by atoms with E-state index in [9.17, 15) is 20.1 Å². The molecule has 186 valence electrons. The summed E-state index contributed by atoms with van der Waals surface area (Å²) in [5.41, 5.74) is 0.313. The van der Waals surface area contributed by atoms with Gasteiger partial charge in [-0.15, -0.1) is 0 Å². The van der Waals surface area contributed by atoms with Crippen LogP contribution in [0.15, 0.2) is 73.3 Å². The normalized spacial score (nSPS) is 21.0. The van der Waals surface area contributed by atoms with Gasteiger partial charge < -0.3 is 30.1 Å². The van der Waals surface area contributed by atoms with E-state index in [-0.39, 0.29) is 29.5 Å². The van der Waals surface area contributed by atoms with E-state index < -0.39 is 37.3 Å². The topological polar surface area (TPSA) is 152 Å². The van der Waals surface area contributed by atoms with Crippen LogP contribution >= 0.6 is 0 Å². The van der Waals surface area contributed by atoms with Gasteiger partial charge in [-0.3, -0.25) is 9.36 Å². The van der Waals surface area contributed by atoms with Crippen LogP contribution in [0.2, 0.25) is 0 Å². The first kappa shape index (κ1) is 24.0. The minimum Gasteiger partial charge on any atom is -0.393 e. The van der Waals surface area contributed by atoms with Gasteiger partial charge in [-0.05, 0) is 17.7 Å². The molecule has 1 aliphatic rings. The van der Waals surface area contributed by atoms with Gasteiger partial charge in [0, 0.05) is 5.56 Å². The zero-order valence-corrected chi connectivity index (χ0v) is 19.1. The second-order valence-corrected chi connectivity index (χ2v) is 8.46. The average molecular weight is 492 g/mol. The summed E-state index contributed by atoms with van der Waals surface area (Å²) < 4.78 is 13.4. The van der Waals surface area contributed by atoms with Gasteiger partial charge in [-0.2, -0.15) is 0 Å². The Bertz CT molecular complexity index is 1330. The molecule has 2 aromatic carbocycles. The number of aliphatic hydroxyl groups is 3. The summed E-state index contributed by atoms with van der Waals surface area (Å²) >= 11 is 0. The maximum absolute atomic E-state index is 12.6. The van der Waals surface area contributed by atoms with Crippen LogP contribution in [0, 0.1) is 0 Å². The number of rotatable bonds is 8. The van der Waals surface area contributed by atoms with Crippen molar-refractivity contribution in [2.75, 3.05) is 18.5 Å². The average Bonchev–Trinajstić information content (AvgIpc) is 3.48. The summed E-state index contributed by atoms with van der Waals surface area (Å²) in [4.78, 5) is 25.4. The third kappa shape index (κ3) is 4.34. The van der Waals surface area contributed by atoms with Gasteiger partial charge >= 0.3 is 0 Å². The molecule has 0 spiro atoms. The highest BCUT2D eigenvalue weighted by molar-refractivity contribution is 6.06. The molecule has 0 unspecified atom stereocenters. The number of nitrogens with zero attached hydrogens (tertiary/aromatic N) is 4. The van der Waals surface area contributed by atoms with Gasteiger partial charge in [0.25, 0.3) is 5.91 Å². The fourth-order valence-electron chi connectivity index (χ4n) is 4.27. The van der Waals surface area contributed by atoms with Crippen molar-refractivity contribution in [2.24, 2.45) is 0 Å². The van der Waals surface area contributed by atoms with Crippen LogP contribution in [0.25, 0.3) is 11.2 Å². The van der Waals surface area contributed by atoms with Crippen molar-refractivity contribution in [3.05, 3.63) is 84.4 Å². The van der Waals surface area contributed by atoms with E-state index in [2.05, 4.69) is 20.3 Å². The van der Waals surface area contributed by atoms with Crippen LogP contribution in [0.4, 0.5) is 5.82 Å². The van der Waals surface area contributed by atoms with E-state index in [1.54, 1.807) is 24.3 Å². The van der Waals surface area contributed by atoms with E-state index in [4.69, 9.17) is 9.47 Å². The quantitative estimate of drug-likeness (QED) is 0.286. The standard InChI is InChI=1S/C25H25N5O6/c31-12-25(13-32)20(35-11-16-7-3-1-4-8-16)19(33)24(36-25)30-15-28-18-21(26-14-27-22(18)30)29-23(34)17-9-5-2-6-10-17/h1-10,14-15,19-20,24,31-33H,11-13H2,(H,26,27,29,34)/t19-,20+,24+/m0/s1. The Labute approximate surface area is 206 Å². The molecule has 0 aliphatic carbocycles. The van der Waals surface area contributed by atoms with E-state index in [1.165, 1.54) is 17.2 Å². The predicted molar refractivity (Wildman–Crippen MR) is 128 cm³/mol. The summed E-state index contributed by atoms with van der Waals surface area (Å²) in [5.74, 6) is -0.177. The van der Waals surface area contributed by atoms with Crippen LogP contribution < -0.4 is 5.32 Å². The smallest absolute Gasteiger partial charge is 0.256 e. The Morgan fingerprint density at radius 2 is 1.72 bits per heavy atom. The van der Waals surface area contributed by atoms with E-state index in [0.717, 1.165) is 5.56 Å². The van der Waals surface area contributed by atoms with Gasteiger partial charge in [0.1, 0.15) is 24.1 Å². The van der Waals surface area contributed by atoms with Gasteiger partial charge in [0.05, 0.1) is 26.1 Å². The Morgan fingerprint density at radius 3 is 2.42 bits per heavy atom. The molecule has 3 heterocycles. The highest BCUT2D eigenvalue weighted by atomic mass is 16.6. The number of imidazole rings is 1. The number of benzene rings is 2. The van der Waals surface area contributed by atoms with Crippen molar-refractivity contribution < 1.29 is 29.6 Å². The van der Waals surface area contributed by atoms with Crippen molar-refractivity contribution in [2.45, 2.75) is 30.6 Å². The number of ether oxygens (including phenoxy) is 2. The first-order valence-electron chi connectivity index (χ1n) is 11.3. The van der Waals surface area contributed by atoms with Gasteiger partial charge in [-0.25, -0.2) is 15.0 Å². The maximum Gasteiger partial charge on any atom is 0.256 e. The Kier molecular flexibility index (Phi) is 6.72. The van der Waals surface area contributed by atoms with Crippen LogP contribution in [-0.4, -0.2) is 71.8 Å². The van der Waals surface area contributed by atoms with Gasteiger partial charge in [0.2, 0.25) is 0 Å². The molecule has 4 aromatic rings. The number of aromatic nitrogens is 4. The Balaban J connectivity index is 1.43. The molecule has 4 N–H and O–H groups in total. The Hall–Kier alpha value is -3.74. The molecule has 2 aromatic heterocycles. The monoisotopic (exact) mass is 491 g/mol. The molecule has 1 fully saturated rings. The summed E-state index contributed by atoms with van der Waals surface area (Å²) in [6.45, 7) is -1.03. The number of anilines is 1. The maximum atomic E-state index is 12.6. The van der Waals surface area contributed by atoms with E-state index >= 15 is 0 Å². The van der Waals surface area contributed by atoms with Crippen LogP contribution in [0.1, 0.15) is 22.1 Å². The number of aliphatic hydroxyl groups excluding tert-OH is 3. The molecule has 1 amide bonds. The van der Waals surface area contributed by atoms with Crippen molar-refractivity contribution in [1.29, 1.82) is 0 Å². The predicted octanol–water partition coefficient (Wildman–Crippen LogP) is 1.28. The summed E-state index contributed by atoms with van der Waals surface area (Å²) in [5, 5.41) is 34.1. The van der Waals surface area contributed by atoms with Gasteiger partial charge in [0.15, 0.2) is 23.2 Å². The van der Waals surface area contributed by atoms with Gasteiger partial charge in [-0.1, -0.05) is 48.5 Å². The number of hydrogen-bond acceptors (Lipinski definition) is 9. The lowest BCUT2D eigenvalue weighted by Gasteiger charge is -2.30. The first-order chi connectivity index (χ1) is 17.6. The molecule has 36 heavy (non-hydrogen) atoms. The number of carbonyl (C=O) groups excluding carboxylic acids is 1. The summed E-state index contributed by atoms with van der Waals surface area (Å²) in [6.07, 6.45) is -0.749. The molecule has 0 radical (unpaired) electrons. The van der Waals surface area contributed by atoms with Crippen molar-refractivity contribution in [1.82, 2.24) is 19.5 Å². The molecule has 1 aliphatic heterocycles. The second kappa shape index (κ2) is 10.1. The number of nitrogens with one attached hydrogen (secondary N) is 1.